The van der Waals surface area contributed by atoms with Gasteiger partial charge < -0.3 is 4.74 Å². The van der Waals surface area contributed by atoms with Crippen molar-refractivity contribution in [1.82, 2.24) is 0 Å². The molecule has 1 nitrogen and oxygen atoms in total. The van der Waals surface area contributed by atoms with E-state index in [1.807, 2.05) is 31.2 Å². The number of ether oxygens (including phenoxy) is 1. The van der Waals surface area contributed by atoms with E-state index >= 15 is 0 Å². The molecule has 0 amide bonds. The molecule has 0 bridgehead atoms. The highest BCUT2D eigenvalue weighted by molar-refractivity contribution is 5.43. The summed E-state index contributed by atoms with van der Waals surface area (Å²) in [6.45, 7) is 6.62. The molecule has 0 fully saturated rings. The smallest absolute Gasteiger partial charge is 0.123 e. The highest BCUT2D eigenvalue weighted by Gasteiger charge is 2.29. The van der Waals surface area contributed by atoms with Gasteiger partial charge in [0.05, 0.1) is 12.5 Å². The molecule has 76 valence electrons. The Morgan fingerprint density at radius 2 is 2.27 bits per heavy atom. The molecule has 0 saturated heterocycles. The van der Waals surface area contributed by atoms with Crippen molar-refractivity contribution < 1.29 is 4.74 Å². The first kappa shape index (κ1) is 9.86. The standard InChI is InChI=1S/C14H14O/c1-4-11-12-7-5-6-8-14(12)15-9-13(11)10(2)3/h1,5-8,11,13H,2,9H2,3H3. The molecule has 0 radical (unpaired) electrons. The molecule has 0 saturated carbocycles. The van der Waals surface area contributed by atoms with Crippen molar-refractivity contribution in [2.45, 2.75) is 12.8 Å². The summed E-state index contributed by atoms with van der Waals surface area (Å²) in [5, 5.41) is 0. The van der Waals surface area contributed by atoms with Crippen LogP contribution in [0.25, 0.3) is 0 Å². The van der Waals surface area contributed by atoms with E-state index in [4.69, 9.17) is 11.2 Å². The highest BCUT2D eigenvalue weighted by Crippen LogP contribution is 2.38. The Bertz CT molecular complexity index is 425. The van der Waals surface area contributed by atoms with Crippen molar-refractivity contribution in [3.8, 4) is 18.1 Å². The summed E-state index contributed by atoms with van der Waals surface area (Å²) in [7, 11) is 0. The molecular weight excluding hydrogens is 184 g/mol. The Kier molecular flexibility index (Phi) is 2.51. The van der Waals surface area contributed by atoms with Gasteiger partial charge in [-0.05, 0) is 13.0 Å². The Balaban J connectivity index is 2.44. The summed E-state index contributed by atoms with van der Waals surface area (Å²) in [5.41, 5.74) is 2.20. The van der Waals surface area contributed by atoms with Crippen LogP contribution in [0.3, 0.4) is 0 Å². The lowest BCUT2D eigenvalue weighted by Gasteiger charge is -2.30. The van der Waals surface area contributed by atoms with Gasteiger partial charge in [0.1, 0.15) is 5.75 Å². The fourth-order valence-electron chi connectivity index (χ4n) is 1.99. The van der Waals surface area contributed by atoms with E-state index < -0.39 is 0 Å². The summed E-state index contributed by atoms with van der Waals surface area (Å²) in [6, 6.07) is 7.96. The van der Waals surface area contributed by atoms with Gasteiger partial charge >= 0.3 is 0 Å². The van der Waals surface area contributed by atoms with Crippen molar-refractivity contribution in [2.24, 2.45) is 5.92 Å². The molecule has 1 aliphatic heterocycles. The third-order valence-electron chi connectivity index (χ3n) is 2.89. The van der Waals surface area contributed by atoms with Gasteiger partial charge in [-0.2, -0.15) is 0 Å². The quantitative estimate of drug-likeness (QED) is 0.498. The van der Waals surface area contributed by atoms with Crippen LogP contribution in [0.2, 0.25) is 0 Å². The first-order chi connectivity index (χ1) is 7.24. The second kappa shape index (κ2) is 3.82. The first-order valence-corrected chi connectivity index (χ1v) is 5.07. The molecule has 0 aromatic heterocycles. The zero-order valence-corrected chi connectivity index (χ0v) is 8.86. The molecule has 0 spiro atoms. The number of rotatable bonds is 1. The van der Waals surface area contributed by atoms with Crippen LogP contribution in [-0.2, 0) is 0 Å². The fourth-order valence-corrected chi connectivity index (χ4v) is 1.99. The lowest BCUT2D eigenvalue weighted by atomic mass is 9.81. The minimum absolute atomic E-state index is 0.104. The minimum Gasteiger partial charge on any atom is -0.493 e. The van der Waals surface area contributed by atoms with E-state index in [0.29, 0.717) is 6.61 Å². The highest BCUT2D eigenvalue weighted by atomic mass is 16.5. The van der Waals surface area contributed by atoms with Gasteiger partial charge in [-0.3, -0.25) is 0 Å². The molecule has 1 heterocycles. The summed E-state index contributed by atoms with van der Waals surface area (Å²) < 4.78 is 5.67. The summed E-state index contributed by atoms with van der Waals surface area (Å²) in [4.78, 5) is 0. The van der Waals surface area contributed by atoms with Crippen LogP contribution in [0.1, 0.15) is 18.4 Å². The Labute approximate surface area is 90.8 Å². The maximum atomic E-state index is 5.67. The zero-order valence-electron chi connectivity index (χ0n) is 8.86. The number of terminal acetylenes is 1. The van der Waals surface area contributed by atoms with Gasteiger partial charge in [-0.25, -0.2) is 0 Å². The summed E-state index contributed by atoms with van der Waals surface area (Å²) in [6.07, 6.45) is 5.60. The van der Waals surface area contributed by atoms with Crippen LogP contribution in [-0.4, -0.2) is 6.61 Å². The second-order valence-electron chi connectivity index (χ2n) is 3.95. The predicted molar refractivity (Wildman–Crippen MR) is 61.8 cm³/mol. The number of benzene rings is 1. The van der Waals surface area contributed by atoms with Gasteiger partial charge in [-0.1, -0.05) is 36.3 Å². The van der Waals surface area contributed by atoms with Gasteiger partial charge in [0, 0.05) is 11.5 Å². The summed E-state index contributed by atoms with van der Waals surface area (Å²) >= 11 is 0. The van der Waals surface area contributed by atoms with Crippen LogP contribution >= 0.6 is 0 Å². The van der Waals surface area contributed by atoms with Gasteiger partial charge in [-0.15, -0.1) is 6.42 Å². The number of para-hydroxylation sites is 1. The molecule has 0 N–H and O–H groups in total. The average Bonchev–Trinajstić information content (AvgIpc) is 2.27. The first-order valence-electron chi connectivity index (χ1n) is 5.07. The lowest BCUT2D eigenvalue weighted by Crippen LogP contribution is -2.25. The Hall–Kier alpha value is -1.68. The van der Waals surface area contributed by atoms with E-state index in [2.05, 4.69) is 12.5 Å². The van der Waals surface area contributed by atoms with Crippen molar-refractivity contribution in [3.05, 3.63) is 42.0 Å². The van der Waals surface area contributed by atoms with Crippen LogP contribution in [0.4, 0.5) is 0 Å². The molecule has 2 unspecified atom stereocenters. The maximum absolute atomic E-state index is 5.67. The molecule has 2 atom stereocenters. The molecule has 1 heteroatoms. The topological polar surface area (TPSA) is 9.23 Å². The zero-order chi connectivity index (χ0) is 10.8. The van der Waals surface area contributed by atoms with E-state index in [9.17, 15) is 0 Å². The minimum atomic E-state index is 0.104. The number of hydrogen-bond donors (Lipinski definition) is 0. The normalized spacial score (nSPS) is 23.5. The van der Waals surface area contributed by atoms with Crippen LogP contribution in [0, 0.1) is 18.3 Å². The summed E-state index contributed by atoms with van der Waals surface area (Å²) in [5.74, 6) is 4.11. The molecule has 2 rings (SSSR count). The van der Waals surface area contributed by atoms with Gasteiger partial charge in [0.15, 0.2) is 0 Å². The van der Waals surface area contributed by atoms with Gasteiger partial charge in [0.2, 0.25) is 0 Å². The fraction of sp³-hybridized carbons (Fsp3) is 0.286. The largest absolute Gasteiger partial charge is 0.493 e. The molecule has 1 aliphatic rings. The van der Waals surface area contributed by atoms with Crippen molar-refractivity contribution in [3.63, 3.8) is 0 Å². The van der Waals surface area contributed by atoms with E-state index in [1.54, 1.807) is 0 Å². The number of fused-ring (bicyclic) bond motifs is 1. The Morgan fingerprint density at radius 1 is 1.53 bits per heavy atom. The van der Waals surface area contributed by atoms with E-state index in [-0.39, 0.29) is 11.8 Å². The third-order valence-corrected chi connectivity index (χ3v) is 2.89. The van der Waals surface area contributed by atoms with Crippen molar-refractivity contribution in [2.75, 3.05) is 6.61 Å². The molecule has 0 aliphatic carbocycles. The number of hydrogen-bond acceptors (Lipinski definition) is 1. The lowest BCUT2D eigenvalue weighted by molar-refractivity contribution is 0.233. The molecule has 1 aromatic rings. The van der Waals surface area contributed by atoms with E-state index in [1.165, 1.54) is 0 Å². The van der Waals surface area contributed by atoms with E-state index in [0.717, 1.165) is 16.9 Å². The van der Waals surface area contributed by atoms with Crippen LogP contribution in [0.5, 0.6) is 5.75 Å². The maximum Gasteiger partial charge on any atom is 0.123 e. The Morgan fingerprint density at radius 3 is 2.93 bits per heavy atom. The molecular formula is C14H14O. The van der Waals surface area contributed by atoms with Crippen LogP contribution in [0.15, 0.2) is 36.4 Å². The molecule has 1 aromatic carbocycles. The SMILES string of the molecule is C#CC1c2ccccc2OCC1C(=C)C. The monoisotopic (exact) mass is 198 g/mol. The predicted octanol–water partition coefficient (Wildman–Crippen LogP) is 2.99. The third kappa shape index (κ3) is 1.64. The van der Waals surface area contributed by atoms with Crippen molar-refractivity contribution >= 4 is 0 Å². The molecule has 15 heavy (non-hydrogen) atoms. The second-order valence-corrected chi connectivity index (χ2v) is 3.95. The van der Waals surface area contributed by atoms with Crippen molar-refractivity contribution in [1.29, 1.82) is 0 Å². The van der Waals surface area contributed by atoms with Gasteiger partial charge in [0.25, 0.3) is 0 Å². The average molecular weight is 198 g/mol. The van der Waals surface area contributed by atoms with Crippen LogP contribution < -0.4 is 4.74 Å².